The molecule has 0 atom stereocenters. The minimum Gasteiger partial charge on any atom is -0.330 e. The van der Waals surface area contributed by atoms with Crippen LogP contribution >= 0.6 is 0 Å². The van der Waals surface area contributed by atoms with Gasteiger partial charge in [0.1, 0.15) is 0 Å². The largest absolute Gasteiger partial charge is 0.330 e. The van der Waals surface area contributed by atoms with Crippen molar-refractivity contribution in [2.45, 2.75) is 25.7 Å². The molecule has 0 aromatic rings. The van der Waals surface area contributed by atoms with Crippen LogP contribution in [0, 0.1) is 11.8 Å². The zero-order chi connectivity index (χ0) is 12.8. The minimum atomic E-state index is 0.779. The lowest BCUT2D eigenvalue weighted by Gasteiger charge is -2.35. The lowest BCUT2D eigenvalue weighted by atomic mass is 9.96. The van der Waals surface area contributed by atoms with Crippen LogP contribution in [0.5, 0.6) is 0 Å². The van der Waals surface area contributed by atoms with Crippen molar-refractivity contribution in [1.82, 2.24) is 9.80 Å². The summed E-state index contributed by atoms with van der Waals surface area (Å²) < 4.78 is 0. The number of piperidine rings is 2. The topological polar surface area (TPSA) is 58.5 Å². The SMILES string of the molecule is NCC1CCN(CCN2CCC(CN)CC2)CC1. The fourth-order valence-corrected chi connectivity index (χ4v) is 3.17. The van der Waals surface area contributed by atoms with E-state index in [9.17, 15) is 0 Å². The third-order valence-corrected chi connectivity index (χ3v) is 4.81. The summed E-state index contributed by atoms with van der Waals surface area (Å²) in [4.78, 5) is 5.22. The second kappa shape index (κ2) is 7.43. The van der Waals surface area contributed by atoms with Gasteiger partial charge in [-0.1, -0.05) is 0 Å². The number of hydrogen-bond donors (Lipinski definition) is 2. The smallest absolute Gasteiger partial charge is 0.0109 e. The summed E-state index contributed by atoms with van der Waals surface area (Å²) in [7, 11) is 0. The summed E-state index contributed by atoms with van der Waals surface area (Å²) in [5, 5.41) is 0. The van der Waals surface area contributed by atoms with Crippen molar-refractivity contribution in [2.75, 3.05) is 52.4 Å². The Kier molecular flexibility index (Phi) is 5.89. The van der Waals surface area contributed by atoms with Crippen LogP contribution in [0.4, 0.5) is 0 Å². The highest BCUT2D eigenvalue weighted by molar-refractivity contribution is 4.76. The molecule has 2 fully saturated rings. The quantitative estimate of drug-likeness (QED) is 0.742. The molecular weight excluding hydrogens is 224 g/mol. The molecule has 4 heteroatoms. The molecule has 4 nitrogen and oxygen atoms in total. The van der Waals surface area contributed by atoms with Crippen LogP contribution in [0.1, 0.15) is 25.7 Å². The van der Waals surface area contributed by atoms with Gasteiger partial charge in [-0.05, 0) is 76.8 Å². The van der Waals surface area contributed by atoms with Crippen molar-refractivity contribution in [3.05, 3.63) is 0 Å². The predicted octanol–water partition coefficient (Wildman–Crippen LogP) is 0.328. The van der Waals surface area contributed by atoms with Crippen LogP contribution in [0.15, 0.2) is 0 Å². The molecule has 2 aliphatic rings. The second-order valence-electron chi connectivity index (χ2n) is 6.04. The van der Waals surface area contributed by atoms with Gasteiger partial charge in [-0.25, -0.2) is 0 Å². The molecule has 2 aliphatic heterocycles. The molecule has 0 amide bonds. The number of rotatable bonds is 5. The van der Waals surface area contributed by atoms with E-state index in [4.69, 9.17) is 11.5 Å². The molecule has 106 valence electrons. The zero-order valence-corrected chi connectivity index (χ0v) is 11.7. The first-order valence-electron chi connectivity index (χ1n) is 7.66. The Labute approximate surface area is 112 Å². The monoisotopic (exact) mass is 254 g/mol. The molecule has 0 aromatic carbocycles. The van der Waals surface area contributed by atoms with E-state index in [1.807, 2.05) is 0 Å². The Morgan fingerprint density at radius 2 is 1.00 bits per heavy atom. The Morgan fingerprint density at radius 1 is 0.667 bits per heavy atom. The van der Waals surface area contributed by atoms with Gasteiger partial charge in [-0.15, -0.1) is 0 Å². The van der Waals surface area contributed by atoms with Gasteiger partial charge in [0, 0.05) is 13.1 Å². The summed E-state index contributed by atoms with van der Waals surface area (Å²) >= 11 is 0. The highest BCUT2D eigenvalue weighted by Crippen LogP contribution is 2.17. The van der Waals surface area contributed by atoms with Gasteiger partial charge in [0.15, 0.2) is 0 Å². The van der Waals surface area contributed by atoms with Gasteiger partial charge in [-0.3, -0.25) is 0 Å². The Bertz CT molecular complexity index is 194. The standard InChI is InChI=1S/C14H30N4/c15-11-13-1-5-17(6-2-13)9-10-18-7-3-14(12-16)4-8-18/h13-14H,1-12,15-16H2. The summed E-state index contributed by atoms with van der Waals surface area (Å²) in [6, 6.07) is 0. The molecule has 0 saturated carbocycles. The van der Waals surface area contributed by atoms with E-state index >= 15 is 0 Å². The number of nitrogens with zero attached hydrogens (tertiary/aromatic N) is 2. The summed E-state index contributed by atoms with van der Waals surface area (Å²) in [6.07, 6.45) is 5.19. The molecule has 0 bridgehead atoms. The van der Waals surface area contributed by atoms with Gasteiger partial charge in [-0.2, -0.15) is 0 Å². The molecular formula is C14H30N4. The van der Waals surface area contributed by atoms with Gasteiger partial charge >= 0.3 is 0 Å². The maximum absolute atomic E-state index is 5.73. The van der Waals surface area contributed by atoms with Crippen molar-refractivity contribution in [3.8, 4) is 0 Å². The van der Waals surface area contributed by atoms with E-state index in [-0.39, 0.29) is 0 Å². The molecule has 18 heavy (non-hydrogen) atoms. The van der Waals surface area contributed by atoms with Crippen molar-refractivity contribution in [2.24, 2.45) is 23.3 Å². The van der Waals surface area contributed by atoms with Crippen LogP contribution in [-0.2, 0) is 0 Å². The summed E-state index contributed by atoms with van der Waals surface area (Å²) in [6.45, 7) is 9.24. The molecule has 0 radical (unpaired) electrons. The van der Waals surface area contributed by atoms with Crippen molar-refractivity contribution in [3.63, 3.8) is 0 Å². The maximum Gasteiger partial charge on any atom is 0.0109 e. The maximum atomic E-state index is 5.73. The normalized spacial score (nSPS) is 25.7. The van der Waals surface area contributed by atoms with E-state index in [1.54, 1.807) is 0 Å². The van der Waals surface area contributed by atoms with E-state index in [2.05, 4.69) is 9.80 Å². The number of hydrogen-bond acceptors (Lipinski definition) is 4. The average molecular weight is 254 g/mol. The van der Waals surface area contributed by atoms with Gasteiger partial charge in [0.2, 0.25) is 0 Å². The Morgan fingerprint density at radius 3 is 1.28 bits per heavy atom. The van der Waals surface area contributed by atoms with Crippen LogP contribution in [-0.4, -0.2) is 62.2 Å². The van der Waals surface area contributed by atoms with Crippen molar-refractivity contribution >= 4 is 0 Å². The van der Waals surface area contributed by atoms with Crippen LogP contribution in [0.3, 0.4) is 0 Å². The first-order chi connectivity index (χ1) is 8.81. The van der Waals surface area contributed by atoms with Crippen LogP contribution in [0.2, 0.25) is 0 Å². The lowest BCUT2D eigenvalue weighted by Crippen LogP contribution is -2.43. The van der Waals surface area contributed by atoms with E-state index in [1.165, 1.54) is 65.0 Å². The molecule has 2 rings (SSSR count). The molecule has 0 aromatic heterocycles. The first kappa shape index (κ1) is 14.3. The number of nitrogens with two attached hydrogens (primary N) is 2. The zero-order valence-electron chi connectivity index (χ0n) is 11.7. The van der Waals surface area contributed by atoms with Crippen LogP contribution in [0.25, 0.3) is 0 Å². The molecule has 2 heterocycles. The molecule has 0 unspecified atom stereocenters. The predicted molar refractivity (Wildman–Crippen MR) is 76.4 cm³/mol. The third-order valence-electron chi connectivity index (χ3n) is 4.81. The second-order valence-corrected chi connectivity index (χ2v) is 6.04. The molecule has 2 saturated heterocycles. The van der Waals surface area contributed by atoms with E-state index < -0.39 is 0 Å². The Balaban J connectivity index is 1.58. The van der Waals surface area contributed by atoms with Gasteiger partial charge in [0.25, 0.3) is 0 Å². The third kappa shape index (κ3) is 4.19. The van der Waals surface area contributed by atoms with Crippen molar-refractivity contribution < 1.29 is 0 Å². The highest BCUT2D eigenvalue weighted by atomic mass is 15.2. The van der Waals surface area contributed by atoms with Gasteiger partial charge in [0.05, 0.1) is 0 Å². The fourth-order valence-electron chi connectivity index (χ4n) is 3.17. The highest BCUT2D eigenvalue weighted by Gasteiger charge is 2.20. The fraction of sp³-hybridized carbons (Fsp3) is 1.00. The summed E-state index contributed by atoms with van der Waals surface area (Å²) in [5.41, 5.74) is 11.5. The molecule has 0 spiro atoms. The van der Waals surface area contributed by atoms with E-state index in [0.717, 1.165) is 24.9 Å². The Hall–Kier alpha value is -0.160. The van der Waals surface area contributed by atoms with Gasteiger partial charge < -0.3 is 21.3 Å². The lowest BCUT2D eigenvalue weighted by molar-refractivity contribution is 0.135. The van der Waals surface area contributed by atoms with Crippen molar-refractivity contribution in [1.29, 1.82) is 0 Å². The molecule has 4 N–H and O–H groups in total. The first-order valence-corrected chi connectivity index (χ1v) is 7.66. The minimum absolute atomic E-state index is 0.779. The average Bonchev–Trinajstić information content (AvgIpc) is 2.46. The summed E-state index contributed by atoms with van der Waals surface area (Å²) in [5.74, 6) is 1.56. The van der Waals surface area contributed by atoms with Crippen LogP contribution < -0.4 is 11.5 Å². The van der Waals surface area contributed by atoms with E-state index in [0.29, 0.717) is 0 Å². The number of likely N-dealkylation sites (tertiary alicyclic amines) is 2. The molecule has 0 aliphatic carbocycles.